The zero-order chi connectivity index (χ0) is 16.2. The van der Waals surface area contributed by atoms with E-state index in [-0.39, 0.29) is 18.7 Å². The molecule has 3 rings (SSSR count). The number of aromatic amines is 1. The molecule has 0 spiro atoms. The molecule has 1 aliphatic heterocycles. The Bertz CT molecular complexity index is 677. The maximum atomic E-state index is 12.2. The Hall–Kier alpha value is -2.34. The molecule has 1 amide bonds. The molecule has 2 heterocycles. The van der Waals surface area contributed by atoms with Crippen LogP contribution < -0.4 is 4.74 Å². The molecule has 2 aromatic rings. The molecule has 0 saturated carbocycles. The zero-order valence-electron chi connectivity index (χ0n) is 13.4. The maximum absolute atomic E-state index is 12.2. The predicted molar refractivity (Wildman–Crippen MR) is 86.0 cm³/mol. The summed E-state index contributed by atoms with van der Waals surface area (Å²) in [7, 11) is 1.76. The number of carbonyl (C=O) groups is 1. The van der Waals surface area contributed by atoms with E-state index >= 15 is 0 Å². The van der Waals surface area contributed by atoms with Gasteiger partial charge >= 0.3 is 0 Å². The van der Waals surface area contributed by atoms with Crippen molar-refractivity contribution in [2.75, 3.05) is 20.3 Å². The molecule has 6 heteroatoms. The molecule has 0 aliphatic carbocycles. The number of H-pyrrole nitrogens is 1. The van der Waals surface area contributed by atoms with E-state index in [9.17, 15) is 4.79 Å². The Morgan fingerprint density at radius 2 is 2.39 bits per heavy atom. The van der Waals surface area contributed by atoms with Crippen LogP contribution >= 0.6 is 0 Å². The number of aromatic nitrogens is 2. The van der Waals surface area contributed by atoms with Crippen molar-refractivity contribution in [2.45, 2.75) is 26.0 Å². The third kappa shape index (κ3) is 3.53. The number of nitrogens with zero attached hydrogens (tertiary/aromatic N) is 2. The van der Waals surface area contributed by atoms with Crippen molar-refractivity contribution in [3.05, 3.63) is 36.2 Å². The summed E-state index contributed by atoms with van der Waals surface area (Å²) in [6, 6.07) is 7.66. The number of carbonyl (C=O) groups excluding carboxylic acids is 1. The number of benzene rings is 1. The van der Waals surface area contributed by atoms with Crippen LogP contribution in [0.4, 0.5) is 0 Å². The van der Waals surface area contributed by atoms with E-state index in [1.807, 2.05) is 31.2 Å². The van der Waals surface area contributed by atoms with Gasteiger partial charge in [-0.2, -0.15) is 5.10 Å². The van der Waals surface area contributed by atoms with Gasteiger partial charge in [-0.05, 0) is 37.5 Å². The molecule has 1 unspecified atom stereocenters. The third-order valence-electron chi connectivity index (χ3n) is 4.07. The Kier molecular flexibility index (Phi) is 4.62. The molecule has 1 atom stereocenters. The Balaban J connectivity index is 1.62. The van der Waals surface area contributed by atoms with Crippen LogP contribution in [-0.2, 0) is 9.53 Å². The van der Waals surface area contributed by atoms with E-state index in [1.165, 1.54) is 0 Å². The van der Waals surface area contributed by atoms with Crippen molar-refractivity contribution in [3.63, 3.8) is 0 Å². The van der Waals surface area contributed by atoms with E-state index in [0.29, 0.717) is 5.75 Å². The average Bonchev–Trinajstić information content (AvgIpc) is 3.23. The Morgan fingerprint density at radius 3 is 3.09 bits per heavy atom. The molecule has 122 valence electrons. The lowest BCUT2D eigenvalue weighted by molar-refractivity contribution is -0.141. The smallest absolute Gasteiger partial charge is 0.262 e. The molecule has 1 fully saturated rings. The first kappa shape index (κ1) is 15.6. The van der Waals surface area contributed by atoms with Crippen LogP contribution in [0, 0.1) is 6.92 Å². The minimum atomic E-state index is -0.119. The fourth-order valence-electron chi connectivity index (χ4n) is 2.67. The van der Waals surface area contributed by atoms with E-state index in [4.69, 9.17) is 9.47 Å². The van der Waals surface area contributed by atoms with E-state index in [0.717, 1.165) is 36.3 Å². The van der Waals surface area contributed by atoms with Crippen LogP contribution in [0.3, 0.4) is 0 Å². The Morgan fingerprint density at radius 1 is 1.52 bits per heavy atom. The van der Waals surface area contributed by atoms with E-state index in [1.54, 1.807) is 18.1 Å². The predicted octanol–water partition coefficient (Wildman–Crippen LogP) is 2.36. The first-order valence-corrected chi connectivity index (χ1v) is 7.75. The lowest BCUT2D eigenvalue weighted by Gasteiger charge is -2.23. The second-order valence-electron chi connectivity index (χ2n) is 5.70. The molecule has 1 aromatic carbocycles. The quantitative estimate of drug-likeness (QED) is 0.920. The summed E-state index contributed by atoms with van der Waals surface area (Å²) in [6.07, 6.45) is 3.54. The lowest BCUT2D eigenvalue weighted by Crippen LogP contribution is -2.39. The summed E-state index contributed by atoms with van der Waals surface area (Å²) < 4.78 is 11.2. The second kappa shape index (κ2) is 6.83. The van der Waals surface area contributed by atoms with Gasteiger partial charge < -0.3 is 14.4 Å². The van der Waals surface area contributed by atoms with Gasteiger partial charge in [-0.25, -0.2) is 0 Å². The fourth-order valence-corrected chi connectivity index (χ4v) is 2.67. The number of rotatable bonds is 5. The number of hydrogen-bond acceptors (Lipinski definition) is 4. The highest BCUT2D eigenvalue weighted by Gasteiger charge is 2.24. The van der Waals surface area contributed by atoms with Crippen LogP contribution in [0.1, 0.15) is 18.5 Å². The highest BCUT2D eigenvalue weighted by atomic mass is 16.5. The standard InChI is InChI=1S/C17H21N3O3/c1-12-15(10-18-19-12)13-5-3-6-14(9-13)23-11-16(21)20(2)17-7-4-8-22-17/h3,5-6,9-10,17H,4,7-8,11H2,1-2H3,(H,18,19). The van der Waals surface area contributed by atoms with Crippen LogP contribution in [0.15, 0.2) is 30.5 Å². The minimum absolute atomic E-state index is 0.00415. The van der Waals surface area contributed by atoms with Crippen LogP contribution in [0.25, 0.3) is 11.1 Å². The molecule has 23 heavy (non-hydrogen) atoms. The molecular weight excluding hydrogens is 294 g/mol. The van der Waals surface area contributed by atoms with Gasteiger partial charge in [-0.1, -0.05) is 12.1 Å². The average molecular weight is 315 g/mol. The topological polar surface area (TPSA) is 67.5 Å². The minimum Gasteiger partial charge on any atom is -0.484 e. The number of likely N-dealkylation sites (N-methyl/N-ethyl adjacent to an activating group) is 1. The SMILES string of the molecule is Cc1[nH]ncc1-c1cccc(OCC(=O)N(C)C2CCCO2)c1. The number of hydrogen-bond donors (Lipinski definition) is 1. The molecule has 0 radical (unpaired) electrons. The number of amides is 1. The number of ether oxygens (including phenoxy) is 2. The third-order valence-corrected chi connectivity index (χ3v) is 4.07. The highest BCUT2D eigenvalue weighted by molar-refractivity contribution is 5.77. The van der Waals surface area contributed by atoms with Crippen molar-refractivity contribution in [1.29, 1.82) is 0 Å². The van der Waals surface area contributed by atoms with Gasteiger partial charge in [0.2, 0.25) is 0 Å². The highest BCUT2D eigenvalue weighted by Crippen LogP contribution is 2.25. The summed E-state index contributed by atoms with van der Waals surface area (Å²) in [5.74, 6) is 0.582. The van der Waals surface area contributed by atoms with Crippen LogP contribution in [0.5, 0.6) is 5.75 Å². The summed E-state index contributed by atoms with van der Waals surface area (Å²) >= 11 is 0. The number of nitrogens with one attached hydrogen (secondary N) is 1. The maximum Gasteiger partial charge on any atom is 0.262 e. The zero-order valence-corrected chi connectivity index (χ0v) is 13.4. The second-order valence-corrected chi connectivity index (χ2v) is 5.70. The fraction of sp³-hybridized carbons (Fsp3) is 0.412. The largest absolute Gasteiger partial charge is 0.484 e. The van der Waals surface area contributed by atoms with Crippen molar-refractivity contribution in [1.82, 2.24) is 15.1 Å². The summed E-state index contributed by atoms with van der Waals surface area (Å²) in [5, 5.41) is 6.95. The van der Waals surface area contributed by atoms with Gasteiger partial charge in [0.15, 0.2) is 6.61 Å². The lowest BCUT2D eigenvalue weighted by atomic mass is 10.1. The molecule has 0 bridgehead atoms. The van der Waals surface area contributed by atoms with Gasteiger partial charge in [0.1, 0.15) is 12.0 Å². The molecule has 1 saturated heterocycles. The molecular formula is C17H21N3O3. The summed E-state index contributed by atoms with van der Waals surface area (Å²) in [5.41, 5.74) is 3.03. The van der Waals surface area contributed by atoms with Crippen molar-refractivity contribution >= 4 is 5.91 Å². The number of aryl methyl sites for hydroxylation is 1. The van der Waals surface area contributed by atoms with E-state index < -0.39 is 0 Å². The first-order chi connectivity index (χ1) is 11.1. The molecule has 1 N–H and O–H groups in total. The van der Waals surface area contributed by atoms with Gasteiger partial charge in [0, 0.05) is 24.9 Å². The Labute approximate surface area is 135 Å². The monoisotopic (exact) mass is 315 g/mol. The van der Waals surface area contributed by atoms with Gasteiger partial charge in [-0.15, -0.1) is 0 Å². The van der Waals surface area contributed by atoms with Crippen LogP contribution in [0.2, 0.25) is 0 Å². The van der Waals surface area contributed by atoms with Gasteiger partial charge in [0.05, 0.1) is 6.20 Å². The van der Waals surface area contributed by atoms with Gasteiger partial charge in [-0.3, -0.25) is 9.89 Å². The first-order valence-electron chi connectivity index (χ1n) is 7.75. The van der Waals surface area contributed by atoms with E-state index in [2.05, 4.69) is 10.2 Å². The molecule has 1 aromatic heterocycles. The molecule has 6 nitrogen and oxygen atoms in total. The van der Waals surface area contributed by atoms with Crippen molar-refractivity contribution < 1.29 is 14.3 Å². The summed E-state index contributed by atoms with van der Waals surface area (Å²) in [4.78, 5) is 13.8. The summed E-state index contributed by atoms with van der Waals surface area (Å²) in [6.45, 7) is 2.69. The van der Waals surface area contributed by atoms with Gasteiger partial charge in [0.25, 0.3) is 5.91 Å². The van der Waals surface area contributed by atoms with Crippen molar-refractivity contribution in [3.8, 4) is 16.9 Å². The normalized spacial score (nSPS) is 17.2. The molecule has 1 aliphatic rings. The van der Waals surface area contributed by atoms with Crippen molar-refractivity contribution in [2.24, 2.45) is 0 Å². The van der Waals surface area contributed by atoms with Crippen LogP contribution in [-0.4, -0.2) is 47.5 Å².